The maximum Gasteiger partial charge on any atom is 0.254 e. The lowest BCUT2D eigenvalue weighted by Crippen LogP contribution is -2.49. The summed E-state index contributed by atoms with van der Waals surface area (Å²) < 4.78 is 5.40. The van der Waals surface area contributed by atoms with Crippen molar-refractivity contribution < 1.29 is 14.3 Å². The maximum absolute atomic E-state index is 12.9. The first kappa shape index (κ1) is 20.7. The average molecular weight is 382 g/mol. The van der Waals surface area contributed by atoms with Crippen molar-refractivity contribution in [2.45, 2.75) is 44.8 Å². The molecule has 2 amide bonds. The van der Waals surface area contributed by atoms with Crippen LogP contribution >= 0.6 is 12.4 Å². The van der Waals surface area contributed by atoms with Gasteiger partial charge in [0.15, 0.2) is 0 Å². The number of anilines is 1. The van der Waals surface area contributed by atoms with Crippen molar-refractivity contribution in [2.75, 3.05) is 25.0 Å². The van der Waals surface area contributed by atoms with E-state index < -0.39 is 0 Å². The zero-order valence-electron chi connectivity index (χ0n) is 15.1. The number of carbonyl (C=O) groups excluding carboxylic acids is 2. The quantitative estimate of drug-likeness (QED) is 0.838. The average Bonchev–Trinajstić information content (AvgIpc) is 3.16. The molecule has 1 aromatic carbocycles. The Hall–Kier alpha value is -1.63. The van der Waals surface area contributed by atoms with E-state index in [-0.39, 0.29) is 36.4 Å². The second-order valence-electron chi connectivity index (χ2n) is 7.09. The van der Waals surface area contributed by atoms with E-state index in [0.717, 1.165) is 32.2 Å². The Kier molecular flexibility index (Phi) is 7.43. The smallest absolute Gasteiger partial charge is 0.254 e. The highest BCUT2D eigenvalue weighted by Gasteiger charge is 2.30. The van der Waals surface area contributed by atoms with Crippen LogP contribution in [0, 0.1) is 5.92 Å². The summed E-state index contributed by atoms with van der Waals surface area (Å²) in [5.74, 6) is 0.430. The predicted octanol–water partition coefficient (Wildman–Crippen LogP) is 2.43. The molecule has 0 bridgehead atoms. The molecule has 2 aliphatic rings. The second-order valence-corrected chi connectivity index (χ2v) is 7.09. The summed E-state index contributed by atoms with van der Waals surface area (Å²) in [4.78, 5) is 27.0. The molecule has 2 saturated heterocycles. The summed E-state index contributed by atoms with van der Waals surface area (Å²) in [6.07, 6.45) is 3.21. The first-order chi connectivity index (χ1) is 12.1. The molecule has 3 unspecified atom stereocenters. The van der Waals surface area contributed by atoms with Gasteiger partial charge < -0.3 is 20.7 Å². The molecule has 0 saturated carbocycles. The summed E-state index contributed by atoms with van der Waals surface area (Å²) in [5.41, 5.74) is 7.08. The van der Waals surface area contributed by atoms with Crippen LogP contribution < -0.4 is 11.1 Å². The van der Waals surface area contributed by atoms with E-state index in [0.29, 0.717) is 30.3 Å². The number of benzene rings is 1. The topological polar surface area (TPSA) is 84.7 Å². The molecule has 0 radical (unpaired) electrons. The number of amides is 2. The standard InChI is InChI=1S/C19H27N3O3.ClH/c1-13-7-8-22(16(10-13)12-20)19(24)14-4-2-5-15(11-14)21-18(23)17-6-3-9-25-17;/h2,4-5,11,13,16-17H,3,6-10,12,20H2,1H3,(H,21,23);1H. The van der Waals surface area contributed by atoms with Gasteiger partial charge in [-0.1, -0.05) is 13.0 Å². The molecule has 7 heteroatoms. The molecule has 144 valence electrons. The van der Waals surface area contributed by atoms with E-state index in [9.17, 15) is 9.59 Å². The second kappa shape index (κ2) is 9.35. The lowest BCUT2D eigenvalue weighted by Gasteiger charge is -2.38. The van der Waals surface area contributed by atoms with E-state index in [4.69, 9.17) is 10.5 Å². The number of ether oxygens (including phenoxy) is 1. The van der Waals surface area contributed by atoms with Crippen LogP contribution in [0.3, 0.4) is 0 Å². The van der Waals surface area contributed by atoms with Crippen LogP contribution in [0.25, 0.3) is 0 Å². The number of nitrogens with zero attached hydrogens (tertiary/aromatic N) is 1. The molecule has 3 rings (SSSR count). The van der Waals surface area contributed by atoms with Gasteiger partial charge in [0.05, 0.1) is 0 Å². The van der Waals surface area contributed by atoms with Crippen LogP contribution in [-0.4, -0.2) is 48.6 Å². The Bertz CT molecular complexity index is 634. The monoisotopic (exact) mass is 381 g/mol. The molecule has 2 fully saturated rings. The molecular formula is C19H28ClN3O3. The zero-order valence-corrected chi connectivity index (χ0v) is 16.0. The minimum Gasteiger partial charge on any atom is -0.368 e. The SMILES string of the molecule is CC1CCN(C(=O)c2cccc(NC(=O)C3CCCO3)c2)C(CN)C1.Cl. The molecule has 0 aliphatic carbocycles. The Morgan fingerprint density at radius 1 is 1.35 bits per heavy atom. The molecule has 1 aromatic rings. The van der Waals surface area contributed by atoms with Gasteiger partial charge in [0.1, 0.15) is 6.10 Å². The van der Waals surface area contributed by atoms with Gasteiger partial charge in [-0.05, 0) is 49.8 Å². The molecule has 0 aromatic heterocycles. The molecule has 0 spiro atoms. The Morgan fingerprint density at radius 3 is 2.85 bits per heavy atom. The van der Waals surface area contributed by atoms with Gasteiger partial charge in [0.2, 0.25) is 0 Å². The maximum atomic E-state index is 12.9. The lowest BCUT2D eigenvalue weighted by molar-refractivity contribution is -0.124. The number of halogens is 1. The fourth-order valence-corrected chi connectivity index (χ4v) is 3.65. The van der Waals surface area contributed by atoms with E-state index in [1.165, 1.54) is 0 Å². The van der Waals surface area contributed by atoms with Gasteiger partial charge in [-0.25, -0.2) is 0 Å². The van der Waals surface area contributed by atoms with Crippen molar-refractivity contribution in [3.8, 4) is 0 Å². The number of rotatable bonds is 4. The molecule has 3 N–H and O–H groups in total. The van der Waals surface area contributed by atoms with Gasteiger partial charge in [0, 0.05) is 37.0 Å². The third-order valence-corrected chi connectivity index (χ3v) is 5.11. The number of likely N-dealkylation sites (tertiary alicyclic amines) is 1. The predicted molar refractivity (Wildman–Crippen MR) is 104 cm³/mol. The number of piperidine rings is 1. The number of hydrogen-bond donors (Lipinski definition) is 2. The van der Waals surface area contributed by atoms with E-state index in [2.05, 4.69) is 12.2 Å². The van der Waals surface area contributed by atoms with Crippen LogP contribution in [0.5, 0.6) is 0 Å². The zero-order chi connectivity index (χ0) is 17.8. The highest BCUT2D eigenvalue weighted by Crippen LogP contribution is 2.24. The van der Waals surface area contributed by atoms with Crippen LogP contribution in [0.15, 0.2) is 24.3 Å². The van der Waals surface area contributed by atoms with Crippen LogP contribution in [-0.2, 0) is 9.53 Å². The Balaban J connectivity index is 0.00000243. The van der Waals surface area contributed by atoms with E-state index in [1.54, 1.807) is 24.3 Å². The fourth-order valence-electron chi connectivity index (χ4n) is 3.65. The van der Waals surface area contributed by atoms with Gasteiger partial charge >= 0.3 is 0 Å². The Labute approximate surface area is 160 Å². The van der Waals surface area contributed by atoms with Crippen LogP contribution in [0.1, 0.15) is 43.0 Å². The normalized spacial score (nSPS) is 25.5. The number of nitrogens with two attached hydrogens (primary N) is 1. The molecule has 26 heavy (non-hydrogen) atoms. The Morgan fingerprint density at radius 2 is 2.15 bits per heavy atom. The lowest BCUT2D eigenvalue weighted by atomic mass is 9.92. The summed E-state index contributed by atoms with van der Waals surface area (Å²) in [7, 11) is 0. The third-order valence-electron chi connectivity index (χ3n) is 5.11. The number of nitrogens with one attached hydrogen (secondary N) is 1. The minimum atomic E-state index is -0.385. The molecular weight excluding hydrogens is 354 g/mol. The summed E-state index contributed by atoms with van der Waals surface area (Å²) >= 11 is 0. The van der Waals surface area contributed by atoms with Gasteiger partial charge in [-0.2, -0.15) is 0 Å². The van der Waals surface area contributed by atoms with Crippen molar-refractivity contribution in [1.29, 1.82) is 0 Å². The van der Waals surface area contributed by atoms with Gasteiger partial charge in [-0.3, -0.25) is 9.59 Å². The first-order valence-electron chi connectivity index (χ1n) is 9.12. The van der Waals surface area contributed by atoms with Gasteiger partial charge in [-0.15, -0.1) is 12.4 Å². The molecule has 2 aliphatic heterocycles. The van der Waals surface area contributed by atoms with E-state index >= 15 is 0 Å². The van der Waals surface area contributed by atoms with Crippen molar-refractivity contribution in [3.63, 3.8) is 0 Å². The molecule has 3 atom stereocenters. The van der Waals surface area contributed by atoms with E-state index in [1.807, 2.05) is 4.90 Å². The van der Waals surface area contributed by atoms with Crippen molar-refractivity contribution >= 4 is 29.9 Å². The van der Waals surface area contributed by atoms with Crippen LogP contribution in [0.4, 0.5) is 5.69 Å². The third kappa shape index (κ3) is 4.75. The van der Waals surface area contributed by atoms with Crippen LogP contribution in [0.2, 0.25) is 0 Å². The largest absolute Gasteiger partial charge is 0.368 e. The highest BCUT2D eigenvalue weighted by molar-refractivity contribution is 5.98. The summed E-state index contributed by atoms with van der Waals surface area (Å²) in [6.45, 7) is 4.04. The van der Waals surface area contributed by atoms with Crippen molar-refractivity contribution in [3.05, 3.63) is 29.8 Å². The minimum absolute atomic E-state index is 0. The number of hydrogen-bond acceptors (Lipinski definition) is 4. The highest BCUT2D eigenvalue weighted by atomic mass is 35.5. The number of carbonyl (C=O) groups is 2. The molecule has 2 heterocycles. The van der Waals surface area contributed by atoms with Crippen molar-refractivity contribution in [1.82, 2.24) is 4.90 Å². The first-order valence-corrected chi connectivity index (χ1v) is 9.12. The van der Waals surface area contributed by atoms with Crippen molar-refractivity contribution in [2.24, 2.45) is 11.7 Å². The van der Waals surface area contributed by atoms with Gasteiger partial charge in [0.25, 0.3) is 11.8 Å². The fraction of sp³-hybridized carbons (Fsp3) is 0.579. The summed E-state index contributed by atoms with van der Waals surface area (Å²) in [6, 6.07) is 7.20. The molecule has 6 nitrogen and oxygen atoms in total. The summed E-state index contributed by atoms with van der Waals surface area (Å²) in [5, 5.41) is 2.85.